The molecule has 2 aromatic rings. The van der Waals surface area contributed by atoms with Gasteiger partial charge in [0.25, 0.3) is 0 Å². The lowest BCUT2D eigenvalue weighted by molar-refractivity contribution is -0.130. The highest BCUT2D eigenvalue weighted by atomic mass is 16.5. The van der Waals surface area contributed by atoms with E-state index in [1.165, 1.54) is 6.92 Å². The van der Waals surface area contributed by atoms with Gasteiger partial charge < -0.3 is 15.2 Å². The van der Waals surface area contributed by atoms with Gasteiger partial charge in [-0.25, -0.2) is 4.79 Å². The summed E-state index contributed by atoms with van der Waals surface area (Å²) in [5.74, 6) is -0.292. The van der Waals surface area contributed by atoms with Crippen LogP contribution in [0.2, 0.25) is 0 Å². The standard InChI is InChI=1S/C22H25NO3/c1-16(21(25)26-18-13-9-6-10-14-18)20(24)15-19(23-22(2,3)4)17-11-7-5-8-12-17/h5-15,23-24H,1-4H3/b19-15-,20-16-. The summed E-state index contributed by atoms with van der Waals surface area (Å²) in [6, 6.07) is 18.4. The molecule has 0 aliphatic rings. The number of nitrogens with one attached hydrogen (secondary N) is 1. The van der Waals surface area contributed by atoms with Gasteiger partial charge in [-0.05, 0) is 45.4 Å². The summed E-state index contributed by atoms with van der Waals surface area (Å²) in [6.07, 6.45) is 1.56. The van der Waals surface area contributed by atoms with Gasteiger partial charge in [-0.2, -0.15) is 0 Å². The predicted molar refractivity (Wildman–Crippen MR) is 105 cm³/mol. The first-order valence-electron chi connectivity index (χ1n) is 8.48. The maximum atomic E-state index is 12.3. The van der Waals surface area contributed by atoms with Gasteiger partial charge in [0.2, 0.25) is 0 Å². The zero-order valence-corrected chi connectivity index (χ0v) is 15.6. The molecule has 0 aliphatic carbocycles. The van der Waals surface area contributed by atoms with Crippen molar-refractivity contribution in [2.75, 3.05) is 0 Å². The Balaban J connectivity index is 2.31. The summed E-state index contributed by atoms with van der Waals surface area (Å²) in [4.78, 5) is 12.3. The maximum absolute atomic E-state index is 12.3. The first kappa shape index (κ1) is 19.3. The van der Waals surface area contributed by atoms with Crippen LogP contribution in [0.1, 0.15) is 33.3 Å². The van der Waals surface area contributed by atoms with Crippen molar-refractivity contribution in [2.45, 2.75) is 33.2 Å². The molecule has 0 heterocycles. The van der Waals surface area contributed by atoms with Crippen LogP contribution >= 0.6 is 0 Å². The zero-order chi connectivity index (χ0) is 19.2. The van der Waals surface area contributed by atoms with Crippen molar-refractivity contribution in [1.82, 2.24) is 5.32 Å². The second-order valence-electron chi connectivity index (χ2n) is 7.01. The number of carbonyl (C=O) groups excluding carboxylic acids is 1. The molecule has 136 valence electrons. The number of para-hydroxylation sites is 1. The Kier molecular flexibility index (Phi) is 6.23. The molecular weight excluding hydrogens is 326 g/mol. The predicted octanol–water partition coefficient (Wildman–Crippen LogP) is 4.85. The third kappa shape index (κ3) is 5.81. The first-order chi connectivity index (χ1) is 12.3. The molecule has 0 atom stereocenters. The van der Waals surface area contributed by atoms with Crippen molar-refractivity contribution >= 4 is 11.7 Å². The molecule has 0 saturated heterocycles. The van der Waals surface area contributed by atoms with E-state index in [2.05, 4.69) is 5.32 Å². The van der Waals surface area contributed by atoms with Gasteiger partial charge in [0.15, 0.2) is 0 Å². The monoisotopic (exact) mass is 351 g/mol. The molecule has 26 heavy (non-hydrogen) atoms. The van der Waals surface area contributed by atoms with E-state index in [-0.39, 0.29) is 16.9 Å². The number of rotatable bonds is 5. The van der Waals surface area contributed by atoms with E-state index < -0.39 is 5.97 Å². The number of hydrogen-bond donors (Lipinski definition) is 2. The van der Waals surface area contributed by atoms with Gasteiger partial charge in [-0.15, -0.1) is 0 Å². The molecule has 0 saturated carbocycles. The second-order valence-corrected chi connectivity index (χ2v) is 7.01. The van der Waals surface area contributed by atoms with Crippen LogP contribution in [0.15, 0.2) is 78.1 Å². The Hall–Kier alpha value is -3.01. The Morgan fingerprint density at radius 1 is 1.00 bits per heavy atom. The van der Waals surface area contributed by atoms with Gasteiger partial charge in [0, 0.05) is 17.3 Å². The molecule has 0 aliphatic heterocycles. The average Bonchev–Trinajstić information content (AvgIpc) is 2.61. The van der Waals surface area contributed by atoms with E-state index in [1.807, 2.05) is 57.2 Å². The summed E-state index contributed by atoms with van der Waals surface area (Å²) < 4.78 is 5.28. The average molecular weight is 351 g/mol. The van der Waals surface area contributed by atoms with Crippen LogP contribution in [0.25, 0.3) is 5.70 Å². The fraction of sp³-hybridized carbons (Fsp3) is 0.227. The number of benzene rings is 2. The van der Waals surface area contributed by atoms with Gasteiger partial charge in [-0.3, -0.25) is 0 Å². The van der Waals surface area contributed by atoms with Crippen LogP contribution in [0, 0.1) is 0 Å². The largest absolute Gasteiger partial charge is 0.507 e. The van der Waals surface area contributed by atoms with Crippen molar-refractivity contribution in [2.24, 2.45) is 0 Å². The number of carbonyl (C=O) groups is 1. The van der Waals surface area contributed by atoms with E-state index in [0.29, 0.717) is 5.75 Å². The highest BCUT2D eigenvalue weighted by Crippen LogP contribution is 2.19. The minimum atomic E-state index is -0.590. The summed E-state index contributed by atoms with van der Waals surface area (Å²) in [7, 11) is 0. The van der Waals surface area contributed by atoms with Crippen LogP contribution in [-0.2, 0) is 4.79 Å². The van der Waals surface area contributed by atoms with Crippen LogP contribution < -0.4 is 10.1 Å². The van der Waals surface area contributed by atoms with Crippen LogP contribution in [0.5, 0.6) is 5.75 Å². The third-order valence-electron chi connectivity index (χ3n) is 3.52. The molecule has 0 fully saturated rings. The van der Waals surface area contributed by atoms with Gasteiger partial charge >= 0.3 is 5.97 Å². The topological polar surface area (TPSA) is 58.6 Å². The molecule has 0 radical (unpaired) electrons. The molecule has 0 aromatic heterocycles. The SMILES string of the molecule is C/C(C(=O)Oc1ccccc1)=C(O)\C=C(/NC(C)(C)C)c1ccccc1. The number of ether oxygens (including phenoxy) is 1. The number of aliphatic hydroxyl groups is 1. The van der Waals surface area contributed by atoms with Crippen LogP contribution in [0.3, 0.4) is 0 Å². The molecule has 2 aromatic carbocycles. The second kappa shape index (κ2) is 8.39. The highest BCUT2D eigenvalue weighted by Gasteiger charge is 2.16. The number of esters is 1. The molecule has 0 spiro atoms. The quantitative estimate of drug-likeness (QED) is 0.266. The minimum Gasteiger partial charge on any atom is -0.507 e. The molecule has 0 unspecified atom stereocenters. The van der Waals surface area contributed by atoms with Gasteiger partial charge in [0.1, 0.15) is 11.5 Å². The molecule has 2 N–H and O–H groups in total. The molecule has 0 amide bonds. The van der Waals surface area contributed by atoms with E-state index >= 15 is 0 Å². The molecule has 2 rings (SSSR count). The number of hydrogen-bond acceptors (Lipinski definition) is 4. The lowest BCUT2D eigenvalue weighted by atomic mass is 10.0. The lowest BCUT2D eigenvalue weighted by Gasteiger charge is -2.24. The van der Waals surface area contributed by atoms with Crippen molar-refractivity contribution in [3.8, 4) is 5.75 Å². The molecule has 4 nitrogen and oxygen atoms in total. The molecule has 0 bridgehead atoms. The van der Waals surface area contributed by atoms with Crippen molar-refractivity contribution in [1.29, 1.82) is 0 Å². The smallest absolute Gasteiger partial charge is 0.342 e. The van der Waals surface area contributed by atoms with Crippen molar-refractivity contribution in [3.05, 3.63) is 83.6 Å². The Morgan fingerprint density at radius 2 is 1.54 bits per heavy atom. The summed E-state index contributed by atoms with van der Waals surface area (Å²) in [6.45, 7) is 7.63. The summed E-state index contributed by atoms with van der Waals surface area (Å²) in [5, 5.41) is 13.8. The minimum absolute atomic E-state index is 0.137. The van der Waals surface area contributed by atoms with Crippen LogP contribution in [0.4, 0.5) is 0 Å². The number of allylic oxidation sites excluding steroid dienone is 1. The Bertz CT molecular complexity index is 800. The first-order valence-corrected chi connectivity index (χ1v) is 8.48. The normalized spacial score (nSPS) is 13.0. The number of aliphatic hydroxyl groups excluding tert-OH is 1. The fourth-order valence-electron chi connectivity index (χ4n) is 2.23. The zero-order valence-electron chi connectivity index (χ0n) is 15.6. The van der Waals surface area contributed by atoms with Crippen LogP contribution in [-0.4, -0.2) is 16.6 Å². The lowest BCUT2D eigenvalue weighted by Crippen LogP contribution is -2.34. The summed E-state index contributed by atoms with van der Waals surface area (Å²) in [5.41, 5.74) is 1.57. The highest BCUT2D eigenvalue weighted by molar-refractivity contribution is 5.91. The molecular formula is C22H25NO3. The van der Waals surface area contributed by atoms with E-state index in [0.717, 1.165) is 11.3 Å². The van der Waals surface area contributed by atoms with E-state index in [1.54, 1.807) is 30.3 Å². The molecule has 4 heteroatoms. The van der Waals surface area contributed by atoms with Gasteiger partial charge in [-0.1, -0.05) is 48.5 Å². The van der Waals surface area contributed by atoms with Crippen molar-refractivity contribution in [3.63, 3.8) is 0 Å². The Labute approximate surface area is 154 Å². The summed E-state index contributed by atoms with van der Waals surface area (Å²) >= 11 is 0. The Morgan fingerprint density at radius 3 is 2.08 bits per heavy atom. The van der Waals surface area contributed by atoms with Crippen molar-refractivity contribution < 1.29 is 14.6 Å². The van der Waals surface area contributed by atoms with E-state index in [4.69, 9.17) is 4.74 Å². The van der Waals surface area contributed by atoms with E-state index in [9.17, 15) is 9.90 Å². The third-order valence-corrected chi connectivity index (χ3v) is 3.52. The fourth-order valence-corrected chi connectivity index (χ4v) is 2.23. The van der Waals surface area contributed by atoms with Gasteiger partial charge in [0.05, 0.1) is 5.57 Å². The maximum Gasteiger partial charge on any atom is 0.342 e.